The molecule has 6 heteroatoms. The maximum absolute atomic E-state index is 9.79. The Morgan fingerprint density at radius 2 is 1.61 bits per heavy atom. The lowest BCUT2D eigenvalue weighted by molar-refractivity contribution is -0.209. The first-order valence-corrected chi connectivity index (χ1v) is 5.74. The zero-order valence-electron chi connectivity index (χ0n) is 9.89. The second-order valence-corrected chi connectivity index (χ2v) is 4.42. The quantitative estimate of drug-likeness (QED) is 0.462. The van der Waals surface area contributed by atoms with Gasteiger partial charge in [0.2, 0.25) is 0 Å². The van der Waals surface area contributed by atoms with Gasteiger partial charge >= 0.3 is 0 Å². The van der Waals surface area contributed by atoms with Crippen LogP contribution < -0.4 is 5.32 Å². The van der Waals surface area contributed by atoms with E-state index < -0.39 is 30.6 Å². The molecule has 0 unspecified atom stereocenters. The van der Waals surface area contributed by atoms with E-state index in [1.54, 1.807) is 19.1 Å². The minimum Gasteiger partial charge on any atom is -0.508 e. The van der Waals surface area contributed by atoms with Gasteiger partial charge in [-0.2, -0.15) is 0 Å². The number of aromatic hydroxyl groups is 1. The summed E-state index contributed by atoms with van der Waals surface area (Å²) in [7, 11) is 0. The lowest BCUT2D eigenvalue weighted by Crippen LogP contribution is -2.58. The molecular formula is C12H17NO5. The summed E-state index contributed by atoms with van der Waals surface area (Å²) in [6.07, 6.45) is -5.01. The zero-order valence-corrected chi connectivity index (χ0v) is 9.89. The Hall–Kier alpha value is -1.34. The van der Waals surface area contributed by atoms with Crippen molar-refractivity contribution in [2.24, 2.45) is 0 Å². The van der Waals surface area contributed by atoms with Crippen LogP contribution >= 0.6 is 0 Å². The molecule has 6 nitrogen and oxygen atoms in total. The molecule has 0 radical (unpaired) electrons. The highest BCUT2D eigenvalue weighted by atomic mass is 16.5. The summed E-state index contributed by atoms with van der Waals surface area (Å²) < 4.78 is 5.38. The monoisotopic (exact) mass is 255 g/mol. The second kappa shape index (κ2) is 5.11. The molecule has 0 aliphatic carbocycles. The van der Waals surface area contributed by atoms with E-state index in [0.29, 0.717) is 5.69 Å². The third-order valence-corrected chi connectivity index (χ3v) is 3.03. The van der Waals surface area contributed by atoms with Gasteiger partial charge in [-0.3, -0.25) is 0 Å². The minimum absolute atomic E-state index is 0.134. The third kappa shape index (κ3) is 2.56. The first-order chi connectivity index (χ1) is 8.49. The molecule has 1 saturated heterocycles. The molecule has 1 aliphatic rings. The highest BCUT2D eigenvalue weighted by Gasteiger charge is 2.41. The molecule has 0 aromatic heterocycles. The van der Waals surface area contributed by atoms with Gasteiger partial charge in [0, 0.05) is 5.69 Å². The number of aliphatic hydroxyl groups excluding tert-OH is 3. The van der Waals surface area contributed by atoms with Crippen LogP contribution in [0.5, 0.6) is 5.75 Å². The normalized spacial score (nSPS) is 36.3. The van der Waals surface area contributed by atoms with Crippen molar-refractivity contribution < 1.29 is 25.2 Å². The standard InChI is InChI=1S/C12H17NO5/c1-6-9(15)10(16)11(17)12(18-6)13-7-2-4-8(14)5-3-7/h2-6,9-17H,1H3/t6-,9-,10+,11+,12+/m1/s1. The summed E-state index contributed by atoms with van der Waals surface area (Å²) in [4.78, 5) is 0. The molecule has 0 spiro atoms. The largest absolute Gasteiger partial charge is 0.508 e. The number of hydrogen-bond acceptors (Lipinski definition) is 6. The van der Waals surface area contributed by atoms with Crippen LogP contribution in [0.15, 0.2) is 24.3 Å². The Morgan fingerprint density at radius 1 is 1.00 bits per heavy atom. The van der Waals surface area contributed by atoms with E-state index >= 15 is 0 Å². The van der Waals surface area contributed by atoms with Crippen LogP contribution in [-0.2, 0) is 4.74 Å². The zero-order chi connectivity index (χ0) is 13.3. The summed E-state index contributed by atoms with van der Waals surface area (Å²) in [5, 5.41) is 41.0. The summed E-state index contributed by atoms with van der Waals surface area (Å²) in [5.74, 6) is 0.134. The molecule has 0 amide bonds. The minimum atomic E-state index is -1.26. The average molecular weight is 255 g/mol. The lowest BCUT2D eigenvalue weighted by Gasteiger charge is -2.39. The maximum Gasteiger partial charge on any atom is 0.157 e. The van der Waals surface area contributed by atoms with Crippen LogP contribution in [-0.4, -0.2) is 51.1 Å². The molecular weight excluding hydrogens is 238 g/mol. The Balaban J connectivity index is 2.06. The highest BCUT2D eigenvalue weighted by molar-refractivity contribution is 5.46. The van der Waals surface area contributed by atoms with Crippen molar-refractivity contribution in [3.8, 4) is 5.75 Å². The van der Waals surface area contributed by atoms with Crippen molar-refractivity contribution in [1.29, 1.82) is 0 Å². The van der Waals surface area contributed by atoms with Gasteiger partial charge in [0.05, 0.1) is 6.10 Å². The Kier molecular flexibility index (Phi) is 3.72. The van der Waals surface area contributed by atoms with Gasteiger partial charge in [0.15, 0.2) is 6.23 Å². The Bertz CT molecular complexity index is 396. The number of phenols is 1. The van der Waals surface area contributed by atoms with Crippen molar-refractivity contribution in [3.63, 3.8) is 0 Å². The summed E-state index contributed by atoms with van der Waals surface area (Å²) in [6.45, 7) is 1.62. The first-order valence-electron chi connectivity index (χ1n) is 5.74. The fraction of sp³-hybridized carbons (Fsp3) is 0.500. The maximum atomic E-state index is 9.79. The fourth-order valence-electron chi connectivity index (χ4n) is 1.89. The number of rotatable bonds is 2. The number of anilines is 1. The molecule has 5 atom stereocenters. The van der Waals surface area contributed by atoms with Crippen LogP contribution in [0.1, 0.15) is 6.92 Å². The summed E-state index contributed by atoms with van der Waals surface area (Å²) in [6, 6.07) is 6.22. The fourth-order valence-corrected chi connectivity index (χ4v) is 1.89. The number of ether oxygens (including phenoxy) is 1. The third-order valence-electron chi connectivity index (χ3n) is 3.03. The molecule has 0 bridgehead atoms. The van der Waals surface area contributed by atoms with E-state index in [-0.39, 0.29) is 5.75 Å². The van der Waals surface area contributed by atoms with Crippen LogP contribution in [0, 0.1) is 0 Å². The van der Waals surface area contributed by atoms with Crippen molar-refractivity contribution in [2.45, 2.75) is 37.6 Å². The van der Waals surface area contributed by atoms with E-state index in [1.807, 2.05) is 0 Å². The van der Waals surface area contributed by atoms with E-state index in [4.69, 9.17) is 9.84 Å². The van der Waals surface area contributed by atoms with E-state index in [2.05, 4.69) is 5.32 Å². The molecule has 1 aliphatic heterocycles. The van der Waals surface area contributed by atoms with Gasteiger partial charge in [-0.15, -0.1) is 0 Å². The van der Waals surface area contributed by atoms with Gasteiger partial charge in [0.1, 0.15) is 24.1 Å². The number of phenolic OH excluding ortho intramolecular Hbond substituents is 1. The smallest absolute Gasteiger partial charge is 0.157 e. The molecule has 1 aromatic rings. The molecule has 18 heavy (non-hydrogen) atoms. The molecule has 0 saturated carbocycles. The van der Waals surface area contributed by atoms with Crippen LogP contribution in [0.25, 0.3) is 0 Å². The van der Waals surface area contributed by atoms with Gasteiger partial charge in [-0.1, -0.05) is 0 Å². The van der Waals surface area contributed by atoms with Crippen molar-refractivity contribution in [1.82, 2.24) is 0 Å². The van der Waals surface area contributed by atoms with Gasteiger partial charge in [-0.05, 0) is 31.2 Å². The highest BCUT2D eigenvalue weighted by Crippen LogP contribution is 2.23. The van der Waals surface area contributed by atoms with Crippen molar-refractivity contribution in [2.75, 3.05) is 5.32 Å². The molecule has 1 fully saturated rings. The van der Waals surface area contributed by atoms with Gasteiger partial charge in [-0.25, -0.2) is 0 Å². The van der Waals surface area contributed by atoms with Gasteiger partial charge in [0.25, 0.3) is 0 Å². The molecule has 1 aromatic carbocycles. The van der Waals surface area contributed by atoms with Crippen LogP contribution in [0.2, 0.25) is 0 Å². The van der Waals surface area contributed by atoms with E-state index in [9.17, 15) is 15.3 Å². The predicted octanol–water partition coefficient (Wildman–Crippen LogP) is -0.368. The Labute approximate surface area is 104 Å². The summed E-state index contributed by atoms with van der Waals surface area (Å²) >= 11 is 0. The Morgan fingerprint density at radius 3 is 2.22 bits per heavy atom. The van der Waals surface area contributed by atoms with Crippen molar-refractivity contribution >= 4 is 5.69 Å². The predicted molar refractivity (Wildman–Crippen MR) is 64.1 cm³/mol. The average Bonchev–Trinajstić information content (AvgIpc) is 2.36. The van der Waals surface area contributed by atoms with Crippen LogP contribution in [0.3, 0.4) is 0 Å². The van der Waals surface area contributed by atoms with E-state index in [0.717, 1.165) is 0 Å². The molecule has 1 heterocycles. The summed E-state index contributed by atoms with van der Waals surface area (Å²) in [5.41, 5.74) is 0.632. The molecule has 100 valence electrons. The number of aliphatic hydroxyl groups is 3. The lowest BCUT2D eigenvalue weighted by atomic mass is 9.99. The topological polar surface area (TPSA) is 102 Å². The SMILES string of the molecule is C[C@H]1O[C@H](Nc2ccc(O)cc2)[C@@H](O)[C@@H](O)[C@@H]1O. The van der Waals surface area contributed by atoms with Crippen molar-refractivity contribution in [3.05, 3.63) is 24.3 Å². The number of nitrogens with one attached hydrogen (secondary N) is 1. The number of benzene rings is 1. The second-order valence-electron chi connectivity index (χ2n) is 4.42. The number of hydrogen-bond donors (Lipinski definition) is 5. The molecule has 2 rings (SSSR count). The molecule has 5 N–H and O–H groups in total. The van der Waals surface area contributed by atoms with E-state index in [1.165, 1.54) is 12.1 Å². The van der Waals surface area contributed by atoms with Crippen LogP contribution in [0.4, 0.5) is 5.69 Å². The van der Waals surface area contributed by atoms with Gasteiger partial charge < -0.3 is 30.5 Å². The first kappa shape index (κ1) is 13.1.